The van der Waals surface area contributed by atoms with Gasteiger partial charge in [0.25, 0.3) is 5.91 Å². The summed E-state index contributed by atoms with van der Waals surface area (Å²) in [5.74, 6) is 1.19. The molecule has 0 saturated heterocycles. The summed E-state index contributed by atoms with van der Waals surface area (Å²) in [7, 11) is 0. The predicted octanol–water partition coefficient (Wildman–Crippen LogP) is 2.86. The fourth-order valence-corrected chi connectivity index (χ4v) is 2.69. The van der Waals surface area contributed by atoms with E-state index in [1.807, 2.05) is 32.0 Å². The second kappa shape index (κ2) is 8.42. The Labute approximate surface area is 152 Å². The van der Waals surface area contributed by atoms with Crippen LogP contribution in [0, 0.1) is 0 Å². The molecule has 0 fully saturated rings. The molecule has 0 saturated carbocycles. The van der Waals surface area contributed by atoms with Crippen molar-refractivity contribution in [1.82, 2.24) is 15.3 Å². The lowest BCUT2D eigenvalue weighted by atomic mass is 10.1. The van der Waals surface area contributed by atoms with E-state index in [4.69, 9.17) is 4.84 Å². The number of carbonyl (C=O) groups is 1. The number of hydrogen-bond donors (Lipinski definition) is 2. The van der Waals surface area contributed by atoms with Gasteiger partial charge in [-0.05, 0) is 31.5 Å². The minimum absolute atomic E-state index is 0.0859. The number of anilines is 1. The molecule has 0 bridgehead atoms. The van der Waals surface area contributed by atoms with Crippen LogP contribution in [0.3, 0.4) is 0 Å². The van der Waals surface area contributed by atoms with E-state index in [-0.39, 0.29) is 12.0 Å². The molecular weight excluding hydrogens is 330 g/mol. The highest BCUT2D eigenvalue weighted by Crippen LogP contribution is 2.18. The Morgan fingerprint density at radius 1 is 1.31 bits per heavy atom. The lowest BCUT2D eigenvalue weighted by molar-refractivity contribution is 0.0753. The van der Waals surface area contributed by atoms with Gasteiger partial charge in [0, 0.05) is 30.3 Å². The van der Waals surface area contributed by atoms with E-state index in [1.54, 1.807) is 18.3 Å². The molecule has 2 N–H and O–H groups in total. The quantitative estimate of drug-likeness (QED) is 0.799. The van der Waals surface area contributed by atoms with Gasteiger partial charge < -0.3 is 15.5 Å². The zero-order valence-electron chi connectivity index (χ0n) is 15.0. The van der Waals surface area contributed by atoms with Gasteiger partial charge in [0.15, 0.2) is 5.82 Å². The lowest BCUT2D eigenvalue weighted by Gasteiger charge is -2.10. The molecule has 3 rings (SSSR count). The van der Waals surface area contributed by atoms with Crippen molar-refractivity contribution < 1.29 is 9.63 Å². The SMILES string of the molecule is CCNc1ccnc(-c2cccc(C(=O)NCC3CC(CC)=NO3)c2)n1. The first-order chi connectivity index (χ1) is 12.7. The molecule has 1 aromatic heterocycles. The van der Waals surface area contributed by atoms with Crippen LogP contribution in [0.1, 0.15) is 37.0 Å². The van der Waals surface area contributed by atoms with E-state index >= 15 is 0 Å². The molecule has 1 aromatic carbocycles. The second-order valence-corrected chi connectivity index (χ2v) is 6.03. The molecule has 136 valence electrons. The van der Waals surface area contributed by atoms with Crippen LogP contribution < -0.4 is 10.6 Å². The van der Waals surface area contributed by atoms with Gasteiger partial charge >= 0.3 is 0 Å². The van der Waals surface area contributed by atoms with Crippen LogP contribution >= 0.6 is 0 Å². The molecule has 1 unspecified atom stereocenters. The number of aromatic nitrogens is 2. The van der Waals surface area contributed by atoms with Crippen molar-refractivity contribution in [3.8, 4) is 11.4 Å². The third-order valence-corrected chi connectivity index (χ3v) is 4.09. The first-order valence-corrected chi connectivity index (χ1v) is 8.86. The number of nitrogens with one attached hydrogen (secondary N) is 2. The highest BCUT2D eigenvalue weighted by atomic mass is 16.6. The van der Waals surface area contributed by atoms with Crippen LogP contribution in [0.4, 0.5) is 5.82 Å². The van der Waals surface area contributed by atoms with Crippen LogP contribution in [-0.4, -0.2) is 40.8 Å². The number of hydrogen-bond acceptors (Lipinski definition) is 6. The Morgan fingerprint density at radius 2 is 2.19 bits per heavy atom. The highest BCUT2D eigenvalue weighted by Gasteiger charge is 2.20. The van der Waals surface area contributed by atoms with Gasteiger partial charge in [-0.25, -0.2) is 9.97 Å². The Kier molecular flexibility index (Phi) is 5.78. The average Bonchev–Trinajstić information content (AvgIpc) is 3.15. The van der Waals surface area contributed by atoms with Crippen molar-refractivity contribution in [2.24, 2.45) is 5.16 Å². The maximum atomic E-state index is 12.4. The Morgan fingerprint density at radius 3 is 2.96 bits per heavy atom. The molecule has 2 heterocycles. The smallest absolute Gasteiger partial charge is 0.251 e. The molecule has 2 aromatic rings. The molecule has 0 spiro atoms. The fourth-order valence-electron chi connectivity index (χ4n) is 2.69. The van der Waals surface area contributed by atoms with E-state index in [1.165, 1.54) is 0 Å². The minimum Gasteiger partial charge on any atom is -0.390 e. The van der Waals surface area contributed by atoms with Crippen LogP contribution in [0.2, 0.25) is 0 Å². The first kappa shape index (κ1) is 17.8. The van der Waals surface area contributed by atoms with Crippen molar-refractivity contribution >= 4 is 17.4 Å². The standard InChI is InChI=1S/C19H23N5O2/c1-3-15-11-16(26-24-15)12-22-19(25)14-7-5-6-13(10-14)18-21-9-8-17(23-18)20-4-2/h5-10,16H,3-4,11-12H2,1-2H3,(H,22,25)(H,20,21,23). The van der Waals surface area contributed by atoms with Crippen molar-refractivity contribution in [3.05, 3.63) is 42.1 Å². The maximum absolute atomic E-state index is 12.4. The zero-order chi connectivity index (χ0) is 18.4. The number of carbonyl (C=O) groups excluding carboxylic acids is 1. The largest absolute Gasteiger partial charge is 0.390 e. The summed E-state index contributed by atoms with van der Waals surface area (Å²) in [6.45, 7) is 5.27. The van der Waals surface area contributed by atoms with Crippen molar-refractivity contribution in [1.29, 1.82) is 0 Å². The molecule has 1 aliphatic rings. The summed E-state index contributed by atoms with van der Waals surface area (Å²) in [5, 5.41) is 10.1. The van der Waals surface area contributed by atoms with E-state index in [2.05, 4.69) is 25.8 Å². The van der Waals surface area contributed by atoms with Crippen molar-refractivity contribution in [2.75, 3.05) is 18.4 Å². The molecular formula is C19H23N5O2. The molecule has 26 heavy (non-hydrogen) atoms. The van der Waals surface area contributed by atoms with Gasteiger partial charge in [-0.15, -0.1) is 0 Å². The van der Waals surface area contributed by atoms with Crippen molar-refractivity contribution in [3.63, 3.8) is 0 Å². The lowest BCUT2D eigenvalue weighted by Crippen LogP contribution is -2.32. The van der Waals surface area contributed by atoms with E-state index in [9.17, 15) is 4.79 Å². The zero-order valence-corrected chi connectivity index (χ0v) is 15.0. The summed E-state index contributed by atoms with van der Waals surface area (Å²) in [6, 6.07) is 9.11. The number of nitrogens with zero attached hydrogens (tertiary/aromatic N) is 3. The number of oxime groups is 1. The molecule has 1 aliphatic heterocycles. The third-order valence-electron chi connectivity index (χ3n) is 4.09. The summed E-state index contributed by atoms with van der Waals surface area (Å²) in [5.41, 5.74) is 2.39. The molecule has 1 amide bonds. The average molecular weight is 353 g/mol. The van der Waals surface area contributed by atoms with Gasteiger partial charge in [-0.2, -0.15) is 0 Å². The van der Waals surface area contributed by atoms with Gasteiger partial charge in [0.1, 0.15) is 11.9 Å². The normalized spacial score (nSPS) is 15.9. The third kappa shape index (κ3) is 4.36. The topological polar surface area (TPSA) is 88.5 Å². The van der Waals surface area contributed by atoms with Crippen molar-refractivity contribution in [2.45, 2.75) is 32.8 Å². The number of benzene rings is 1. The van der Waals surface area contributed by atoms with Gasteiger partial charge in [-0.3, -0.25) is 4.79 Å². The second-order valence-electron chi connectivity index (χ2n) is 6.03. The molecule has 0 radical (unpaired) electrons. The maximum Gasteiger partial charge on any atom is 0.251 e. The van der Waals surface area contributed by atoms with Gasteiger partial charge in [0.05, 0.1) is 12.3 Å². The predicted molar refractivity (Wildman–Crippen MR) is 101 cm³/mol. The summed E-state index contributed by atoms with van der Waals surface area (Å²) >= 11 is 0. The van der Waals surface area contributed by atoms with Crippen LogP contribution in [0.25, 0.3) is 11.4 Å². The summed E-state index contributed by atoms with van der Waals surface area (Å²) in [4.78, 5) is 26.5. The Hall–Kier alpha value is -2.96. The molecule has 0 aliphatic carbocycles. The summed E-state index contributed by atoms with van der Waals surface area (Å²) in [6.07, 6.45) is 3.26. The molecule has 7 heteroatoms. The van der Waals surface area contributed by atoms with E-state index < -0.39 is 0 Å². The monoisotopic (exact) mass is 353 g/mol. The van der Waals surface area contributed by atoms with Crippen LogP contribution in [0.5, 0.6) is 0 Å². The number of rotatable bonds is 7. The van der Waals surface area contributed by atoms with E-state index in [0.29, 0.717) is 17.9 Å². The molecule has 7 nitrogen and oxygen atoms in total. The Bertz CT molecular complexity index is 806. The minimum atomic E-state index is -0.150. The molecule has 1 atom stereocenters. The van der Waals surface area contributed by atoms with Crippen LogP contribution in [0.15, 0.2) is 41.7 Å². The van der Waals surface area contributed by atoms with Gasteiger partial charge in [-0.1, -0.05) is 24.2 Å². The summed E-state index contributed by atoms with van der Waals surface area (Å²) < 4.78 is 0. The van der Waals surface area contributed by atoms with Gasteiger partial charge in [0.2, 0.25) is 0 Å². The van der Waals surface area contributed by atoms with Crippen LogP contribution in [-0.2, 0) is 4.84 Å². The number of amides is 1. The Balaban J connectivity index is 1.65. The first-order valence-electron chi connectivity index (χ1n) is 8.86. The fraction of sp³-hybridized carbons (Fsp3) is 0.368. The van der Waals surface area contributed by atoms with E-state index in [0.717, 1.165) is 36.5 Å². The highest BCUT2D eigenvalue weighted by molar-refractivity contribution is 5.95.